The van der Waals surface area contributed by atoms with Gasteiger partial charge in [0.05, 0.1) is 5.69 Å². The van der Waals surface area contributed by atoms with Gasteiger partial charge in [-0.05, 0) is 59.1 Å². The highest BCUT2D eigenvalue weighted by Gasteiger charge is 2.10. The van der Waals surface area contributed by atoms with Crippen molar-refractivity contribution < 1.29 is 0 Å². The minimum absolute atomic E-state index is 0.534. The Kier molecular flexibility index (Phi) is 4.54. The first-order valence-corrected chi connectivity index (χ1v) is 7.51. The third-order valence-electron chi connectivity index (χ3n) is 3.24. The van der Waals surface area contributed by atoms with E-state index in [0.29, 0.717) is 5.88 Å². The summed E-state index contributed by atoms with van der Waals surface area (Å²) in [6.07, 6.45) is 0. The summed E-state index contributed by atoms with van der Waals surface area (Å²) in [5.74, 6) is 0.534. The largest absolute Gasteiger partial charge is 0.343 e. The van der Waals surface area contributed by atoms with Gasteiger partial charge in [-0.25, -0.2) is 0 Å². The molecule has 0 aliphatic carbocycles. The summed E-state index contributed by atoms with van der Waals surface area (Å²) in [7, 11) is 2.08. The van der Waals surface area contributed by atoms with Crippen molar-refractivity contribution in [3.05, 3.63) is 57.6 Å². The summed E-state index contributed by atoms with van der Waals surface area (Å²) >= 11 is 9.48. The van der Waals surface area contributed by atoms with E-state index in [1.54, 1.807) is 0 Å². The topological polar surface area (TPSA) is 3.24 Å². The average Bonchev–Trinajstić information content (AvgIpc) is 2.37. The van der Waals surface area contributed by atoms with Crippen LogP contribution in [0, 0.1) is 13.8 Å². The zero-order valence-corrected chi connectivity index (χ0v) is 13.7. The molecular weight excluding hydrogens is 322 g/mol. The number of anilines is 2. The van der Waals surface area contributed by atoms with E-state index in [1.807, 2.05) is 0 Å². The maximum absolute atomic E-state index is 5.86. The summed E-state index contributed by atoms with van der Waals surface area (Å²) in [4.78, 5) is 2.19. The van der Waals surface area contributed by atoms with Crippen LogP contribution in [0.3, 0.4) is 0 Å². The van der Waals surface area contributed by atoms with Crippen molar-refractivity contribution in [1.29, 1.82) is 0 Å². The summed E-state index contributed by atoms with van der Waals surface area (Å²) in [5.41, 5.74) is 6.03. The highest BCUT2D eigenvalue weighted by atomic mass is 79.9. The number of alkyl halides is 1. The molecule has 0 atom stereocenters. The first kappa shape index (κ1) is 14.4. The van der Waals surface area contributed by atoms with Crippen LogP contribution in [0.4, 0.5) is 11.4 Å². The zero-order valence-electron chi connectivity index (χ0n) is 11.4. The Balaban J connectivity index is 2.41. The fourth-order valence-corrected chi connectivity index (χ4v) is 3.08. The van der Waals surface area contributed by atoms with Crippen molar-refractivity contribution in [1.82, 2.24) is 0 Å². The van der Waals surface area contributed by atoms with Crippen LogP contribution in [-0.4, -0.2) is 7.05 Å². The van der Waals surface area contributed by atoms with Crippen LogP contribution in [0.5, 0.6) is 0 Å². The molecule has 0 unspecified atom stereocenters. The van der Waals surface area contributed by atoms with E-state index in [0.717, 1.165) is 15.7 Å². The number of benzene rings is 2. The fraction of sp³-hybridized carbons (Fsp3) is 0.250. The molecule has 0 radical (unpaired) electrons. The number of nitrogens with zero attached hydrogens (tertiary/aromatic N) is 1. The molecule has 2 aromatic rings. The van der Waals surface area contributed by atoms with Crippen molar-refractivity contribution >= 4 is 38.9 Å². The molecule has 2 rings (SSSR count). The van der Waals surface area contributed by atoms with Crippen molar-refractivity contribution in [3.8, 4) is 0 Å². The average molecular weight is 339 g/mol. The van der Waals surface area contributed by atoms with E-state index in [1.165, 1.54) is 16.8 Å². The standard InChI is InChI=1S/C16H17BrClN/c1-11-4-6-15(12(2)8-11)19(3)16-7-5-13(10-18)9-14(16)17/h4-9H,10H2,1-3H3. The smallest absolute Gasteiger partial charge is 0.0552 e. The monoisotopic (exact) mass is 337 g/mol. The lowest BCUT2D eigenvalue weighted by Gasteiger charge is -2.23. The molecule has 0 aliphatic heterocycles. The number of rotatable bonds is 3. The molecule has 2 aromatic carbocycles. The van der Waals surface area contributed by atoms with Gasteiger partial charge >= 0.3 is 0 Å². The van der Waals surface area contributed by atoms with E-state index < -0.39 is 0 Å². The summed E-state index contributed by atoms with van der Waals surface area (Å²) in [6, 6.07) is 12.7. The Labute approximate surface area is 128 Å². The molecule has 0 saturated carbocycles. The minimum Gasteiger partial charge on any atom is -0.343 e. The molecule has 0 aromatic heterocycles. The maximum Gasteiger partial charge on any atom is 0.0552 e. The highest BCUT2D eigenvalue weighted by molar-refractivity contribution is 9.10. The van der Waals surface area contributed by atoms with Crippen LogP contribution in [0.25, 0.3) is 0 Å². The van der Waals surface area contributed by atoms with E-state index >= 15 is 0 Å². The molecule has 0 bridgehead atoms. The van der Waals surface area contributed by atoms with Crippen molar-refractivity contribution in [3.63, 3.8) is 0 Å². The third kappa shape index (κ3) is 3.13. The molecule has 0 N–H and O–H groups in total. The molecule has 0 spiro atoms. The Morgan fingerprint density at radius 1 is 1.05 bits per heavy atom. The SMILES string of the molecule is Cc1ccc(N(C)c2ccc(CCl)cc2Br)c(C)c1. The van der Waals surface area contributed by atoms with Gasteiger partial charge in [-0.3, -0.25) is 0 Å². The second-order valence-corrected chi connectivity index (χ2v) is 5.89. The number of hydrogen-bond donors (Lipinski definition) is 0. The van der Waals surface area contributed by atoms with Crippen LogP contribution >= 0.6 is 27.5 Å². The third-order valence-corrected chi connectivity index (χ3v) is 4.19. The van der Waals surface area contributed by atoms with Gasteiger partial charge in [-0.2, -0.15) is 0 Å². The Morgan fingerprint density at radius 3 is 2.32 bits per heavy atom. The second kappa shape index (κ2) is 5.98. The van der Waals surface area contributed by atoms with Gasteiger partial charge in [0.1, 0.15) is 0 Å². The predicted molar refractivity (Wildman–Crippen MR) is 87.7 cm³/mol. The normalized spacial score (nSPS) is 10.6. The molecular formula is C16H17BrClN. The van der Waals surface area contributed by atoms with Gasteiger partial charge in [-0.1, -0.05) is 23.8 Å². The van der Waals surface area contributed by atoms with E-state index in [2.05, 4.69) is 78.1 Å². The van der Waals surface area contributed by atoms with Crippen molar-refractivity contribution in [2.75, 3.05) is 11.9 Å². The summed E-state index contributed by atoms with van der Waals surface area (Å²) in [5, 5.41) is 0. The zero-order chi connectivity index (χ0) is 14.0. The van der Waals surface area contributed by atoms with Gasteiger partial charge in [0.25, 0.3) is 0 Å². The second-order valence-electron chi connectivity index (χ2n) is 4.77. The molecule has 3 heteroatoms. The summed E-state index contributed by atoms with van der Waals surface area (Å²) in [6.45, 7) is 4.25. The number of hydrogen-bond acceptors (Lipinski definition) is 1. The van der Waals surface area contributed by atoms with Crippen LogP contribution in [0.1, 0.15) is 16.7 Å². The quantitative estimate of drug-likeness (QED) is 0.661. The molecule has 1 nitrogen and oxygen atoms in total. The molecule has 0 amide bonds. The van der Waals surface area contributed by atoms with Crippen LogP contribution in [-0.2, 0) is 5.88 Å². The maximum atomic E-state index is 5.86. The molecule has 0 heterocycles. The lowest BCUT2D eigenvalue weighted by molar-refractivity contribution is 1.17. The Bertz CT molecular complexity index is 595. The molecule has 0 fully saturated rings. The summed E-state index contributed by atoms with van der Waals surface area (Å²) < 4.78 is 1.06. The first-order valence-electron chi connectivity index (χ1n) is 6.18. The fourth-order valence-electron chi connectivity index (χ4n) is 2.22. The molecule has 19 heavy (non-hydrogen) atoms. The predicted octanol–water partition coefficient (Wildman–Crippen LogP) is 5.57. The van der Waals surface area contributed by atoms with Gasteiger partial charge in [-0.15, -0.1) is 11.6 Å². The molecule has 0 aliphatic rings. The van der Waals surface area contributed by atoms with Crippen LogP contribution in [0.15, 0.2) is 40.9 Å². The first-order chi connectivity index (χ1) is 9.02. The number of halogens is 2. The molecule has 100 valence electrons. The van der Waals surface area contributed by atoms with Gasteiger partial charge < -0.3 is 4.90 Å². The lowest BCUT2D eigenvalue weighted by atomic mass is 10.1. The Morgan fingerprint density at radius 2 is 1.74 bits per heavy atom. The minimum atomic E-state index is 0.534. The van der Waals surface area contributed by atoms with Gasteiger partial charge in [0.15, 0.2) is 0 Å². The van der Waals surface area contributed by atoms with Crippen LogP contribution in [0.2, 0.25) is 0 Å². The van der Waals surface area contributed by atoms with Crippen molar-refractivity contribution in [2.24, 2.45) is 0 Å². The van der Waals surface area contributed by atoms with E-state index in [4.69, 9.17) is 11.6 Å². The number of aryl methyl sites for hydroxylation is 2. The van der Waals surface area contributed by atoms with Gasteiger partial charge in [0.2, 0.25) is 0 Å². The van der Waals surface area contributed by atoms with E-state index in [-0.39, 0.29) is 0 Å². The van der Waals surface area contributed by atoms with Crippen molar-refractivity contribution in [2.45, 2.75) is 19.7 Å². The highest BCUT2D eigenvalue weighted by Crippen LogP contribution is 2.33. The lowest BCUT2D eigenvalue weighted by Crippen LogP contribution is -2.11. The van der Waals surface area contributed by atoms with E-state index in [9.17, 15) is 0 Å². The Hall–Kier alpha value is -0.990. The molecule has 0 saturated heterocycles. The van der Waals surface area contributed by atoms with Crippen LogP contribution < -0.4 is 4.90 Å². The van der Waals surface area contributed by atoms with Gasteiger partial charge in [0, 0.05) is 23.1 Å².